The Hall–Kier alpha value is -1.72. The minimum absolute atomic E-state index is 0. The predicted octanol–water partition coefficient (Wildman–Crippen LogP) is -1.69. The summed E-state index contributed by atoms with van der Waals surface area (Å²) in [5.41, 5.74) is 0.309. The molecule has 2 N–H and O–H groups in total. The number of phenols is 1. The molecule has 2 aromatic rings. The second-order valence-electron chi connectivity index (χ2n) is 3.96. The maximum absolute atomic E-state index is 11.8. The summed E-state index contributed by atoms with van der Waals surface area (Å²) in [5, 5.41) is 12.6. The number of hydrogen-bond acceptors (Lipinski definition) is 2. The van der Waals surface area contributed by atoms with Gasteiger partial charge < -0.3 is 22.8 Å². The first kappa shape index (κ1) is 15.3. The third-order valence-electron chi connectivity index (χ3n) is 2.38. The number of benzene rings is 1. The van der Waals surface area contributed by atoms with Crippen LogP contribution >= 0.6 is 11.6 Å². The Labute approximate surface area is 121 Å². The number of rotatable bonds is 3. The molecule has 1 aromatic heterocycles. The fourth-order valence-corrected chi connectivity index (χ4v) is 1.73. The summed E-state index contributed by atoms with van der Waals surface area (Å²) in [7, 11) is 1.87. The van der Waals surface area contributed by atoms with E-state index in [1.807, 2.05) is 17.8 Å². The third kappa shape index (κ3) is 4.15. The smallest absolute Gasteiger partial charge is 0.266 e. The number of halogens is 2. The van der Waals surface area contributed by atoms with Crippen LogP contribution in [0.3, 0.4) is 0 Å². The molecule has 1 amide bonds. The van der Waals surface area contributed by atoms with Gasteiger partial charge in [-0.1, -0.05) is 11.6 Å². The molecule has 0 atom stereocenters. The van der Waals surface area contributed by atoms with Crippen molar-refractivity contribution in [3.8, 4) is 5.75 Å². The molecule has 1 heterocycles. The van der Waals surface area contributed by atoms with Gasteiger partial charge in [0.1, 0.15) is 18.1 Å². The van der Waals surface area contributed by atoms with Crippen molar-refractivity contribution < 1.29 is 26.9 Å². The number of anilines is 1. The Morgan fingerprint density at radius 2 is 2.26 bits per heavy atom. The van der Waals surface area contributed by atoms with Gasteiger partial charge in [-0.25, -0.2) is 9.13 Å². The molecule has 0 bridgehead atoms. The van der Waals surface area contributed by atoms with Gasteiger partial charge in [-0.15, -0.1) is 0 Å². The standard InChI is InChI=1S/C12H12ClN3O2.ClH/c1-15-4-5-16(8-15)7-12(18)14-10-6-9(13)2-3-11(10)17;/h2-6,8H,7H2,1H3,(H-,14,17,18);1H. The summed E-state index contributed by atoms with van der Waals surface area (Å²) in [5.74, 6) is -0.241. The number of aromatic nitrogens is 2. The molecule has 0 aliphatic carbocycles. The lowest BCUT2D eigenvalue weighted by molar-refractivity contribution is -0.671. The SMILES string of the molecule is C[n+]1ccn(CC(=O)Nc2cc(Cl)ccc2O)c1.[Cl-]. The molecule has 7 heteroatoms. The van der Waals surface area contributed by atoms with Gasteiger partial charge in [0.25, 0.3) is 5.91 Å². The molecular weight excluding hydrogens is 289 g/mol. The molecule has 0 radical (unpaired) electrons. The minimum atomic E-state index is -0.233. The number of nitrogens with one attached hydrogen (secondary N) is 1. The lowest BCUT2D eigenvalue weighted by Crippen LogP contribution is -3.00. The summed E-state index contributed by atoms with van der Waals surface area (Å²) >= 11 is 5.79. The summed E-state index contributed by atoms with van der Waals surface area (Å²) in [4.78, 5) is 11.8. The molecule has 102 valence electrons. The quantitative estimate of drug-likeness (QED) is 0.525. The van der Waals surface area contributed by atoms with E-state index in [2.05, 4.69) is 5.32 Å². The first-order valence-corrected chi connectivity index (χ1v) is 5.72. The predicted molar refractivity (Wildman–Crippen MR) is 67.4 cm³/mol. The zero-order chi connectivity index (χ0) is 13.1. The minimum Gasteiger partial charge on any atom is -1.00 e. The third-order valence-corrected chi connectivity index (χ3v) is 2.62. The fourth-order valence-electron chi connectivity index (χ4n) is 1.56. The highest BCUT2D eigenvalue weighted by atomic mass is 35.5. The van der Waals surface area contributed by atoms with Crippen molar-refractivity contribution in [2.45, 2.75) is 6.54 Å². The monoisotopic (exact) mass is 301 g/mol. The van der Waals surface area contributed by atoms with Crippen LogP contribution in [0.2, 0.25) is 5.02 Å². The normalized spacial score (nSPS) is 9.79. The number of nitrogens with zero attached hydrogens (tertiary/aromatic N) is 2. The Bertz CT molecular complexity index is 584. The van der Waals surface area contributed by atoms with Crippen LogP contribution in [-0.4, -0.2) is 15.6 Å². The molecule has 0 spiro atoms. The zero-order valence-electron chi connectivity index (χ0n) is 10.2. The number of hydrogen-bond donors (Lipinski definition) is 2. The number of carbonyl (C=O) groups is 1. The Kier molecular flexibility index (Phi) is 5.20. The topological polar surface area (TPSA) is 58.1 Å². The van der Waals surface area contributed by atoms with E-state index in [0.29, 0.717) is 10.7 Å². The Balaban J connectivity index is 0.00000180. The molecule has 0 aliphatic heterocycles. The zero-order valence-corrected chi connectivity index (χ0v) is 11.7. The highest BCUT2D eigenvalue weighted by molar-refractivity contribution is 6.31. The van der Waals surface area contributed by atoms with Crippen molar-refractivity contribution in [1.29, 1.82) is 0 Å². The van der Waals surface area contributed by atoms with Gasteiger partial charge in [0.15, 0.2) is 6.54 Å². The summed E-state index contributed by atoms with van der Waals surface area (Å²) in [6.45, 7) is 0.173. The molecule has 0 saturated heterocycles. The van der Waals surface area contributed by atoms with Crippen LogP contribution in [0.1, 0.15) is 0 Å². The average Bonchev–Trinajstić information content (AvgIpc) is 2.69. The van der Waals surface area contributed by atoms with E-state index >= 15 is 0 Å². The van der Waals surface area contributed by atoms with Crippen molar-refractivity contribution in [3.63, 3.8) is 0 Å². The van der Waals surface area contributed by atoms with Crippen LogP contribution in [0.4, 0.5) is 5.69 Å². The van der Waals surface area contributed by atoms with Gasteiger partial charge in [0.2, 0.25) is 6.33 Å². The second-order valence-corrected chi connectivity index (χ2v) is 4.40. The Morgan fingerprint density at radius 3 is 2.89 bits per heavy atom. The van der Waals surface area contributed by atoms with Gasteiger partial charge in [-0.3, -0.25) is 4.79 Å². The molecule has 19 heavy (non-hydrogen) atoms. The molecule has 0 fully saturated rings. The van der Waals surface area contributed by atoms with Gasteiger partial charge >= 0.3 is 0 Å². The molecule has 0 unspecified atom stereocenters. The van der Waals surface area contributed by atoms with Crippen LogP contribution < -0.4 is 22.3 Å². The van der Waals surface area contributed by atoms with Crippen molar-refractivity contribution >= 4 is 23.2 Å². The summed E-state index contributed by atoms with van der Waals surface area (Å²) < 4.78 is 3.57. The molecular formula is C12H13Cl2N3O2. The number of amides is 1. The van der Waals surface area contributed by atoms with Crippen molar-refractivity contribution in [1.82, 2.24) is 4.57 Å². The number of aryl methyl sites for hydroxylation is 1. The molecule has 0 aliphatic rings. The Morgan fingerprint density at radius 1 is 1.53 bits per heavy atom. The highest BCUT2D eigenvalue weighted by Gasteiger charge is 2.10. The van der Waals surface area contributed by atoms with E-state index in [-0.39, 0.29) is 30.6 Å². The average molecular weight is 302 g/mol. The van der Waals surface area contributed by atoms with E-state index in [1.54, 1.807) is 23.2 Å². The maximum Gasteiger partial charge on any atom is 0.266 e. The van der Waals surface area contributed by atoms with Crippen LogP contribution in [-0.2, 0) is 18.4 Å². The van der Waals surface area contributed by atoms with Crippen LogP contribution in [0.5, 0.6) is 5.75 Å². The lowest BCUT2D eigenvalue weighted by Gasteiger charge is -2.06. The molecule has 0 saturated carbocycles. The second kappa shape index (κ2) is 6.45. The first-order valence-electron chi connectivity index (χ1n) is 5.34. The van der Waals surface area contributed by atoms with Gasteiger partial charge in [-0.05, 0) is 18.2 Å². The van der Waals surface area contributed by atoms with Crippen LogP contribution in [0.25, 0.3) is 0 Å². The summed E-state index contributed by atoms with van der Waals surface area (Å²) in [6, 6.07) is 4.50. The summed E-state index contributed by atoms with van der Waals surface area (Å²) in [6.07, 6.45) is 5.42. The number of imidazole rings is 1. The maximum atomic E-state index is 11.8. The van der Waals surface area contributed by atoms with Gasteiger partial charge in [-0.2, -0.15) is 0 Å². The number of carbonyl (C=O) groups excluding carboxylic acids is 1. The molecule has 2 rings (SSSR count). The number of phenolic OH excluding ortho intramolecular Hbond substituents is 1. The highest BCUT2D eigenvalue weighted by Crippen LogP contribution is 2.26. The fraction of sp³-hybridized carbons (Fsp3) is 0.167. The van der Waals surface area contributed by atoms with Crippen molar-refractivity contribution in [3.05, 3.63) is 41.9 Å². The van der Waals surface area contributed by atoms with E-state index in [9.17, 15) is 9.90 Å². The number of aromatic hydroxyl groups is 1. The van der Waals surface area contributed by atoms with E-state index in [4.69, 9.17) is 11.6 Å². The van der Waals surface area contributed by atoms with Gasteiger partial charge in [0.05, 0.1) is 12.7 Å². The van der Waals surface area contributed by atoms with E-state index in [1.165, 1.54) is 12.1 Å². The van der Waals surface area contributed by atoms with Crippen molar-refractivity contribution in [2.75, 3.05) is 5.32 Å². The molecule has 1 aromatic carbocycles. The van der Waals surface area contributed by atoms with E-state index in [0.717, 1.165) is 0 Å². The van der Waals surface area contributed by atoms with Crippen molar-refractivity contribution in [2.24, 2.45) is 7.05 Å². The molecule has 5 nitrogen and oxygen atoms in total. The van der Waals surface area contributed by atoms with Gasteiger partial charge in [0, 0.05) is 5.02 Å². The van der Waals surface area contributed by atoms with E-state index < -0.39 is 0 Å². The largest absolute Gasteiger partial charge is 1.00 e. The lowest BCUT2D eigenvalue weighted by atomic mass is 10.3. The van der Waals surface area contributed by atoms with Crippen LogP contribution in [0.15, 0.2) is 36.9 Å². The first-order chi connectivity index (χ1) is 8.54. The van der Waals surface area contributed by atoms with Crippen LogP contribution in [0, 0.1) is 0 Å².